The molecular weight excluding hydrogens is 176 g/mol. The molecule has 0 amide bonds. The minimum atomic E-state index is -0.245. The van der Waals surface area contributed by atoms with E-state index in [9.17, 15) is 9.90 Å². The van der Waals surface area contributed by atoms with Gasteiger partial charge in [0.1, 0.15) is 5.78 Å². The van der Waals surface area contributed by atoms with Crippen LogP contribution in [-0.2, 0) is 4.79 Å². The van der Waals surface area contributed by atoms with Gasteiger partial charge in [0.25, 0.3) is 0 Å². The van der Waals surface area contributed by atoms with Crippen molar-refractivity contribution in [2.24, 2.45) is 17.3 Å². The lowest BCUT2D eigenvalue weighted by atomic mass is 9.65. The third-order valence-corrected chi connectivity index (χ3v) is 3.38. The van der Waals surface area contributed by atoms with Gasteiger partial charge in [-0.05, 0) is 25.2 Å². The van der Waals surface area contributed by atoms with Crippen LogP contribution in [0.1, 0.15) is 33.1 Å². The normalized spacial score (nSPS) is 31.5. The minimum absolute atomic E-state index is 0.0131. The Labute approximate surface area is 86.0 Å². The molecule has 0 aromatic rings. The van der Waals surface area contributed by atoms with Gasteiger partial charge < -0.3 is 5.11 Å². The quantitative estimate of drug-likeness (QED) is 0.702. The second-order valence-corrected chi connectivity index (χ2v) is 4.86. The Balaban J connectivity index is 2.77. The Hall–Kier alpha value is -0.630. The number of carbonyl (C=O) groups excluding carboxylic acids is 1. The molecule has 2 atom stereocenters. The van der Waals surface area contributed by atoms with Gasteiger partial charge >= 0.3 is 0 Å². The summed E-state index contributed by atoms with van der Waals surface area (Å²) in [5, 5.41) is 9.24. The zero-order chi connectivity index (χ0) is 10.8. The standard InChI is InChI=1S/C12H20O2/c1-4-5-9-6-7-12(2,3)11(14)10(9)8-13/h4,9-10,13H,1,5-8H2,2-3H3. The predicted octanol–water partition coefficient (Wildman–Crippen LogP) is 2.18. The van der Waals surface area contributed by atoms with Crippen LogP contribution in [0.3, 0.4) is 0 Å². The lowest BCUT2D eigenvalue weighted by molar-refractivity contribution is -0.138. The summed E-state index contributed by atoms with van der Waals surface area (Å²) in [6.07, 6.45) is 4.64. The van der Waals surface area contributed by atoms with Gasteiger partial charge in [0, 0.05) is 11.3 Å². The summed E-state index contributed by atoms with van der Waals surface area (Å²) >= 11 is 0. The number of Topliss-reactive ketones (excluding diaryl/α,β-unsaturated/α-hetero) is 1. The molecule has 2 nitrogen and oxygen atoms in total. The summed E-state index contributed by atoms with van der Waals surface area (Å²) in [6.45, 7) is 7.63. The number of aliphatic hydroxyl groups is 1. The summed E-state index contributed by atoms with van der Waals surface area (Å²) in [4.78, 5) is 12.0. The molecule has 0 spiro atoms. The Morgan fingerprint density at radius 3 is 2.79 bits per heavy atom. The molecular formula is C12H20O2. The van der Waals surface area contributed by atoms with E-state index in [4.69, 9.17) is 0 Å². The third kappa shape index (κ3) is 2.06. The molecule has 0 heterocycles. The van der Waals surface area contributed by atoms with E-state index in [2.05, 4.69) is 6.58 Å². The Morgan fingerprint density at radius 1 is 1.64 bits per heavy atom. The summed E-state index contributed by atoms with van der Waals surface area (Å²) in [5.74, 6) is 0.355. The Kier molecular flexibility index (Phi) is 3.48. The van der Waals surface area contributed by atoms with Crippen LogP contribution in [-0.4, -0.2) is 17.5 Å². The van der Waals surface area contributed by atoms with Crippen molar-refractivity contribution in [3.8, 4) is 0 Å². The first-order valence-electron chi connectivity index (χ1n) is 5.29. The van der Waals surface area contributed by atoms with Crippen molar-refractivity contribution in [1.82, 2.24) is 0 Å². The van der Waals surface area contributed by atoms with Crippen LogP contribution in [0.15, 0.2) is 12.7 Å². The van der Waals surface area contributed by atoms with Crippen molar-refractivity contribution >= 4 is 5.78 Å². The molecule has 0 aromatic carbocycles. The number of carbonyl (C=O) groups is 1. The van der Waals surface area contributed by atoms with Crippen LogP contribution in [0, 0.1) is 17.3 Å². The van der Waals surface area contributed by atoms with E-state index in [1.165, 1.54) is 0 Å². The molecule has 1 fully saturated rings. The molecule has 0 radical (unpaired) electrons. The van der Waals surface area contributed by atoms with Gasteiger partial charge in [-0.1, -0.05) is 19.9 Å². The van der Waals surface area contributed by atoms with Gasteiger partial charge in [-0.2, -0.15) is 0 Å². The first kappa shape index (κ1) is 11.4. The van der Waals surface area contributed by atoms with E-state index in [1.54, 1.807) is 0 Å². The lowest BCUT2D eigenvalue weighted by Gasteiger charge is -2.38. The number of rotatable bonds is 3. The van der Waals surface area contributed by atoms with Gasteiger partial charge in [-0.3, -0.25) is 4.79 Å². The van der Waals surface area contributed by atoms with Crippen molar-refractivity contribution in [3.05, 3.63) is 12.7 Å². The number of hydrogen-bond donors (Lipinski definition) is 1. The molecule has 1 rings (SSSR count). The van der Waals surface area contributed by atoms with Crippen molar-refractivity contribution < 1.29 is 9.90 Å². The molecule has 1 N–H and O–H groups in total. The largest absolute Gasteiger partial charge is 0.396 e. The molecule has 1 aliphatic carbocycles. The van der Waals surface area contributed by atoms with Crippen LogP contribution in [0.2, 0.25) is 0 Å². The van der Waals surface area contributed by atoms with E-state index in [-0.39, 0.29) is 23.7 Å². The molecule has 1 aliphatic rings. The van der Waals surface area contributed by atoms with Gasteiger partial charge in [-0.25, -0.2) is 0 Å². The second-order valence-electron chi connectivity index (χ2n) is 4.86. The first-order chi connectivity index (χ1) is 6.53. The van der Waals surface area contributed by atoms with Gasteiger partial charge in [0.05, 0.1) is 6.61 Å². The molecule has 0 aliphatic heterocycles. The maximum absolute atomic E-state index is 12.0. The summed E-state index contributed by atoms with van der Waals surface area (Å²) < 4.78 is 0. The number of ketones is 1. The third-order valence-electron chi connectivity index (χ3n) is 3.38. The minimum Gasteiger partial charge on any atom is -0.396 e. The van der Waals surface area contributed by atoms with Crippen LogP contribution in [0.4, 0.5) is 0 Å². The van der Waals surface area contributed by atoms with Crippen LogP contribution in [0.25, 0.3) is 0 Å². The fourth-order valence-corrected chi connectivity index (χ4v) is 2.31. The summed E-state index contributed by atoms with van der Waals surface area (Å²) in [5.41, 5.74) is -0.245. The predicted molar refractivity (Wildman–Crippen MR) is 56.9 cm³/mol. The number of hydrogen-bond acceptors (Lipinski definition) is 2. The fourth-order valence-electron chi connectivity index (χ4n) is 2.31. The molecule has 0 bridgehead atoms. The highest BCUT2D eigenvalue weighted by Gasteiger charge is 2.41. The molecule has 0 saturated heterocycles. The maximum atomic E-state index is 12.0. The van der Waals surface area contributed by atoms with Gasteiger partial charge in [-0.15, -0.1) is 6.58 Å². The molecule has 0 aromatic heterocycles. The SMILES string of the molecule is C=CCC1CCC(C)(C)C(=O)C1CO. The summed E-state index contributed by atoms with van der Waals surface area (Å²) in [6, 6.07) is 0. The zero-order valence-corrected chi connectivity index (χ0v) is 9.12. The lowest BCUT2D eigenvalue weighted by Crippen LogP contribution is -2.42. The van der Waals surface area contributed by atoms with Gasteiger partial charge in [0.15, 0.2) is 0 Å². The summed E-state index contributed by atoms with van der Waals surface area (Å²) in [7, 11) is 0. The second kappa shape index (κ2) is 4.26. The maximum Gasteiger partial charge on any atom is 0.144 e. The van der Waals surface area contributed by atoms with Crippen molar-refractivity contribution in [2.75, 3.05) is 6.61 Å². The van der Waals surface area contributed by atoms with Crippen molar-refractivity contribution in [3.63, 3.8) is 0 Å². The highest BCUT2D eigenvalue weighted by molar-refractivity contribution is 5.87. The van der Waals surface area contributed by atoms with E-state index in [0.717, 1.165) is 19.3 Å². The Bertz CT molecular complexity index is 230. The molecule has 2 unspecified atom stereocenters. The van der Waals surface area contributed by atoms with Crippen LogP contribution in [0.5, 0.6) is 0 Å². The molecule has 14 heavy (non-hydrogen) atoms. The van der Waals surface area contributed by atoms with E-state index in [1.807, 2.05) is 19.9 Å². The van der Waals surface area contributed by atoms with Crippen LogP contribution < -0.4 is 0 Å². The van der Waals surface area contributed by atoms with Crippen LogP contribution >= 0.6 is 0 Å². The van der Waals surface area contributed by atoms with E-state index < -0.39 is 0 Å². The first-order valence-corrected chi connectivity index (χ1v) is 5.29. The molecule has 2 heteroatoms. The topological polar surface area (TPSA) is 37.3 Å². The number of aliphatic hydroxyl groups excluding tert-OH is 1. The monoisotopic (exact) mass is 196 g/mol. The highest BCUT2D eigenvalue weighted by atomic mass is 16.3. The molecule has 80 valence electrons. The van der Waals surface area contributed by atoms with Crippen molar-refractivity contribution in [2.45, 2.75) is 33.1 Å². The van der Waals surface area contributed by atoms with Gasteiger partial charge in [0.2, 0.25) is 0 Å². The number of allylic oxidation sites excluding steroid dienone is 1. The average molecular weight is 196 g/mol. The highest BCUT2D eigenvalue weighted by Crippen LogP contribution is 2.40. The smallest absolute Gasteiger partial charge is 0.144 e. The van der Waals surface area contributed by atoms with E-state index in [0.29, 0.717) is 5.92 Å². The van der Waals surface area contributed by atoms with E-state index >= 15 is 0 Å². The molecule has 1 saturated carbocycles. The fraction of sp³-hybridized carbons (Fsp3) is 0.750. The Morgan fingerprint density at radius 2 is 2.29 bits per heavy atom. The zero-order valence-electron chi connectivity index (χ0n) is 9.12. The average Bonchev–Trinajstić information content (AvgIpc) is 2.13. The van der Waals surface area contributed by atoms with Crippen molar-refractivity contribution in [1.29, 1.82) is 0 Å².